The average Bonchev–Trinajstić information content (AvgIpc) is 2.38. The van der Waals surface area contributed by atoms with Gasteiger partial charge in [-0.15, -0.1) is 0 Å². The number of hydrogen-bond donors (Lipinski definition) is 2. The van der Waals surface area contributed by atoms with Crippen LogP contribution in [-0.2, 0) is 9.53 Å². The van der Waals surface area contributed by atoms with Crippen molar-refractivity contribution in [1.82, 2.24) is 0 Å². The van der Waals surface area contributed by atoms with E-state index in [9.17, 15) is 25.1 Å². The first-order valence-electron chi connectivity index (χ1n) is 5.79. The third-order valence-corrected chi connectivity index (χ3v) is 2.28. The molecule has 0 radical (unpaired) electrons. The standard InChI is InChI=1S/C13H12N2O6/c1-7(2)21-13(18)9(6-14)3-8-4-10(15(19)20)12(17)11(16)5-8/h3-5,7,16-17H,1-2H3/b9-3+. The largest absolute Gasteiger partial charge is 0.504 e. The Balaban J connectivity index is 3.27. The molecule has 8 heteroatoms. The molecule has 0 saturated carbocycles. The molecule has 0 aliphatic heterocycles. The summed E-state index contributed by atoms with van der Waals surface area (Å²) in [6.07, 6.45) is 0.591. The van der Waals surface area contributed by atoms with Gasteiger partial charge in [0.15, 0.2) is 5.75 Å². The molecule has 0 saturated heterocycles. The second-order valence-electron chi connectivity index (χ2n) is 4.29. The van der Waals surface area contributed by atoms with E-state index in [-0.39, 0.29) is 11.1 Å². The molecule has 21 heavy (non-hydrogen) atoms. The summed E-state index contributed by atoms with van der Waals surface area (Å²) < 4.78 is 4.83. The average molecular weight is 292 g/mol. The van der Waals surface area contributed by atoms with E-state index >= 15 is 0 Å². The van der Waals surface area contributed by atoms with Gasteiger partial charge in [0, 0.05) is 6.07 Å². The van der Waals surface area contributed by atoms with Crippen LogP contribution >= 0.6 is 0 Å². The molecule has 1 rings (SSSR count). The summed E-state index contributed by atoms with van der Waals surface area (Å²) in [5.41, 5.74) is -1.12. The Kier molecular flexibility index (Phi) is 4.86. The summed E-state index contributed by atoms with van der Waals surface area (Å²) in [5, 5.41) is 38.4. The molecule has 0 atom stereocenters. The minimum atomic E-state index is -0.898. The number of phenolic OH excluding ortho intramolecular Hbond substituents is 2. The third-order valence-electron chi connectivity index (χ3n) is 2.28. The summed E-state index contributed by atoms with van der Waals surface area (Å²) in [7, 11) is 0. The van der Waals surface area contributed by atoms with Crippen molar-refractivity contribution >= 4 is 17.7 Å². The van der Waals surface area contributed by atoms with Crippen LogP contribution in [0.4, 0.5) is 5.69 Å². The molecule has 0 aromatic heterocycles. The molecule has 1 aromatic carbocycles. The van der Waals surface area contributed by atoms with Crippen molar-refractivity contribution < 1.29 is 24.7 Å². The third kappa shape index (κ3) is 3.94. The van der Waals surface area contributed by atoms with Gasteiger partial charge in [0.25, 0.3) is 0 Å². The van der Waals surface area contributed by atoms with E-state index in [2.05, 4.69) is 0 Å². The molecule has 0 bridgehead atoms. The summed E-state index contributed by atoms with van der Waals surface area (Å²) in [4.78, 5) is 21.4. The lowest BCUT2D eigenvalue weighted by Crippen LogP contribution is -2.12. The molecule has 0 unspecified atom stereocenters. The van der Waals surface area contributed by atoms with Gasteiger partial charge in [0.05, 0.1) is 11.0 Å². The minimum absolute atomic E-state index is 0.00857. The highest BCUT2D eigenvalue weighted by molar-refractivity contribution is 5.98. The number of nitro benzene ring substituents is 1. The number of phenols is 2. The van der Waals surface area contributed by atoms with Crippen LogP contribution < -0.4 is 0 Å². The maximum absolute atomic E-state index is 11.6. The van der Waals surface area contributed by atoms with E-state index in [1.165, 1.54) is 0 Å². The van der Waals surface area contributed by atoms with Crippen LogP contribution in [0.3, 0.4) is 0 Å². The van der Waals surface area contributed by atoms with Gasteiger partial charge in [-0.25, -0.2) is 4.79 Å². The lowest BCUT2D eigenvalue weighted by Gasteiger charge is -2.06. The van der Waals surface area contributed by atoms with Gasteiger partial charge in [-0.2, -0.15) is 5.26 Å². The van der Waals surface area contributed by atoms with E-state index in [4.69, 9.17) is 10.00 Å². The normalized spacial score (nSPS) is 11.0. The van der Waals surface area contributed by atoms with E-state index in [0.717, 1.165) is 18.2 Å². The number of carbonyl (C=O) groups excluding carboxylic acids is 1. The molecule has 1 aromatic rings. The Morgan fingerprint density at radius 3 is 2.57 bits per heavy atom. The SMILES string of the molecule is CC(C)OC(=O)/C(C#N)=C/c1cc(O)c(O)c([N+](=O)[O-])c1. The van der Waals surface area contributed by atoms with Gasteiger partial charge in [0.1, 0.15) is 11.6 Å². The van der Waals surface area contributed by atoms with Crippen molar-refractivity contribution in [1.29, 1.82) is 5.26 Å². The zero-order valence-electron chi connectivity index (χ0n) is 11.2. The number of nitro groups is 1. The highest BCUT2D eigenvalue weighted by Gasteiger charge is 2.19. The maximum Gasteiger partial charge on any atom is 0.349 e. The Bertz CT molecular complexity index is 657. The number of nitrogens with zero attached hydrogens (tertiary/aromatic N) is 2. The fourth-order valence-electron chi connectivity index (χ4n) is 1.43. The first-order valence-corrected chi connectivity index (χ1v) is 5.79. The molecule has 0 heterocycles. The second-order valence-corrected chi connectivity index (χ2v) is 4.29. The first kappa shape index (κ1) is 16.0. The Labute approximate surface area is 119 Å². The smallest absolute Gasteiger partial charge is 0.349 e. The van der Waals surface area contributed by atoms with E-state index in [0.29, 0.717) is 0 Å². The minimum Gasteiger partial charge on any atom is -0.504 e. The summed E-state index contributed by atoms with van der Waals surface area (Å²) in [6.45, 7) is 3.20. The van der Waals surface area contributed by atoms with Gasteiger partial charge in [-0.1, -0.05) is 0 Å². The van der Waals surface area contributed by atoms with Crippen molar-refractivity contribution in [3.05, 3.63) is 33.4 Å². The van der Waals surface area contributed by atoms with Gasteiger partial charge in [-0.3, -0.25) is 10.1 Å². The van der Waals surface area contributed by atoms with Crippen LogP contribution in [0.5, 0.6) is 11.5 Å². The van der Waals surface area contributed by atoms with Crippen molar-refractivity contribution in [3.63, 3.8) is 0 Å². The molecule has 2 N–H and O–H groups in total. The van der Waals surface area contributed by atoms with Crippen molar-refractivity contribution in [3.8, 4) is 17.6 Å². The number of ether oxygens (including phenoxy) is 1. The van der Waals surface area contributed by atoms with Crippen molar-refractivity contribution in [2.75, 3.05) is 0 Å². The van der Waals surface area contributed by atoms with Gasteiger partial charge < -0.3 is 14.9 Å². The maximum atomic E-state index is 11.6. The summed E-state index contributed by atoms with van der Waals surface area (Å²) in [5.74, 6) is -2.51. The lowest BCUT2D eigenvalue weighted by atomic mass is 10.1. The van der Waals surface area contributed by atoms with Gasteiger partial charge >= 0.3 is 11.7 Å². The molecule has 0 aliphatic rings. The highest BCUT2D eigenvalue weighted by atomic mass is 16.6. The van der Waals surface area contributed by atoms with Gasteiger partial charge in [-0.05, 0) is 31.6 Å². The Hall–Kier alpha value is -3.08. The first-order chi connectivity index (χ1) is 9.76. The summed E-state index contributed by atoms with van der Waals surface area (Å²) >= 11 is 0. The predicted octanol–water partition coefficient (Wildman–Crippen LogP) is 1.86. The topological polar surface area (TPSA) is 134 Å². The number of rotatable bonds is 4. The number of nitriles is 1. The fourth-order valence-corrected chi connectivity index (χ4v) is 1.43. The molecular formula is C13H12N2O6. The molecule has 110 valence electrons. The van der Waals surface area contributed by atoms with Crippen LogP contribution in [0.2, 0.25) is 0 Å². The molecular weight excluding hydrogens is 280 g/mol. The van der Waals surface area contributed by atoms with Crippen LogP contribution in [0.1, 0.15) is 19.4 Å². The lowest BCUT2D eigenvalue weighted by molar-refractivity contribution is -0.386. The van der Waals surface area contributed by atoms with Gasteiger partial charge in [0.2, 0.25) is 5.75 Å². The summed E-state index contributed by atoms with van der Waals surface area (Å²) in [6, 6.07) is 3.53. The van der Waals surface area contributed by atoms with Crippen LogP contribution in [0.15, 0.2) is 17.7 Å². The number of esters is 1. The predicted molar refractivity (Wildman–Crippen MR) is 71.2 cm³/mol. The van der Waals surface area contributed by atoms with E-state index < -0.39 is 34.2 Å². The fraction of sp³-hybridized carbons (Fsp3) is 0.231. The van der Waals surface area contributed by atoms with Crippen molar-refractivity contribution in [2.45, 2.75) is 20.0 Å². The molecule has 0 fully saturated rings. The van der Waals surface area contributed by atoms with Crippen LogP contribution in [-0.4, -0.2) is 27.2 Å². The van der Waals surface area contributed by atoms with Crippen LogP contribution in [0, 0.1) is 21.4 Å². The monoisotopic (exact) mass is 292 g/mol. The molecule has 8 nitrogen and oxygen atoms in total. The van der Waals surface area contributed by atoms with Crippen molar-refractivity contribution in [2.24, 2.45) is 0 Å². The zero-order chi connectivity index (χ0) is 16.2. The zero-order valence-corrected chi connectivity index (χ0v) is 11.2. The van der Waals surface area contributed by atoms with E-state index in [1.807, 2.05) is 0 Å². The Morgan fingerprint density at radius 1 is 1.48 bits per heavy atom. The Morgan fingerprint density at radius 2 is 2.10 bits per heavy atom. The molecule has 0 amide bonds. The highest BCUT2D eigenvalue weighted by Crippen LogP contribution is 2.36. The molecule has 0 aliphatic carbocycles. The molecule has 0 spiro atoms. The van der Waals surface area contributed by atoms with Crippen LogP contribution in [0.25, 0.3) is 6.08 Å². The second kappa shape index (κ2) is 6.38. The van der Waals surface area contributed by atoms with E-state index in [1.54, 1.807) is 19.9 Å². The number of aromatic hydroxyl groups is 2. The number of benzene rings is 1. The number of hydrogen-bond acceptors (Lipinski definition) is 7. The quantitative estimate of drug-likeness (QED) is 0.216. The number of carbonyl (C=O) groups is 1.